The van der Waals surface area contributed by atoms with Gasteiger partial charge in [-0.05, 0) is 101 Å². The molecule has 1 aromatic rings. The van der Waals surface area contributed by atoms with Crippen LogP contribution < -0.4 is 20.7 Å². The van der Waals surface area contributed by atoms with E-state index >= 15 is 4.79 Å². The number of nitrogens with one attached hydrogen (secondary N) is 3. The summed E-state index contributed by atoms with van der Waals surface area (Å²) in [5.74, 6) is -6.80. The monoisotopic (exact) mass is 1370 g/mol. The van der Waals surface area contributed by atoms with Gasteiger partial charge in [0.15, 0.2) is 0 Å². The summed E-state index contributed by atoms with van der Waals surface area (Å²) in [6.07, 6.45) is 12.7. The largest absolute Gasteiger partial charge is 0.493 e. The van der Waals surface area contributed by atoms with E-state index < -0.39 is 139 Å². The van der Waals surface area contributed by atoms with Gasteiger partial charge in [-0.25, -0.2) is 0 Å². The Morgan fingerprint density at radius 1 is 0.600 bits per heavy atom. The summed E-state index contributed by atoms with van der Waals surface area (Å²) >= 11 is 12.4. The number of amides is 12. The summed E-state index contributed by atoms with van der Waals surface area (Å²) in [5.41, 5.74) is 0. The Labute approximate surface area is 571 Å². The Hall–Kier alpha value is -6.76. The van der Waals surface area contributed by atoms with Crippen LogP contribution in [0.15, 0.2) is 18.2 Å². The van der Waals surface area contributed by atoms with Gasteiger partial charge in [-0.3, -0.25) is 57.5 Å². The second-order valence-electron chi connectivity index (χ2n) is 27.1. The van der Waals surface area contributed by atoms with E-state index in [0.717, 1.165) is 80.4 Å². The number of fused-ring (bicyclic) bond motifs is 1. The third-order valence-corrected chi connectivity index (χ3v) is 21.1. The van der Waals surface area contributed by atoms with Gasteiger partial charge >= 0.3 is 0 Å². The van der Waals surface area contributed by atoms with E-state index in [1.165, 1.54) is 84.7 Å². The lowest BCUT2D eigenvalue weighted by Gasteiger charge is -2.41. The van der Waals surface area contributed by atoms with E-state index in [1.54, 1.807) is 31.0 Å². The molecule has 3 aliphatic heterocycles. The molecule has 0 spiro atoms. The van der Waals surface area contributed by atoms with E-state index in [2.05, 4.69) is 16.0 Å². The maximum atomic E-state index is 15.2. The molecule has 95 heavy (non-hydrogen) atoms. The molecule has 25 nitrogen and oxygen atoms in total. The van der Waals surface area contributed by atoms with Crippen LogP contribution >= 0.6 is 23.2 Å². The van der Waals surface area contributed by atoms with Gasteiger partial charge in [0.2, 0.25) is 70.9 Å². The van der Waals surface area contributed by atoms with Crippen molar-refractivity contribution in [3.63, 3.8) is 0 Å². The summed E-state index contributed by atoms with van der Waals surface area (Å²) in [6.45, 7) is 4.76. The molecule has 8 atom stereocenters. The van der Waals surface area contributed by atoms with Gasteiger partial charge in [0.05, 0.1) is 42.7 Å². The second kappa shape index (κ2) is 37.1. The molecular weight excluding hydrogens is 1260 g/mol. The molecule has 12 amide bonds. The lowest BCUT2D eigenvalue weighted by atomic mass is 9.82. The minimum atomic E-state index is -1.29. The number of carbonyl (C=O) groups excluding carboxylic acids is 12. The molecule has 0 aromatic heterocycles. The number of hydrogen-bond donors (Lipinski definition) is 3. The van der Waals surface area contributed by atoms with Crippen molar-refractivity contribution in [1.29, 1.82) is 0 Å². The predicted molar refractivity (Wildman–Crippen MR) is 359 cm³/mol. The molecule has 27 heteroatoms. The highest BCUT2D eigenvalue weighted by Crippen LogP contribution is 2.33. The van der Waals surface area contributed by atoms with Crippen LogP contribution in [-0.4, -0.2) is 259 Å². The normalized spacial score (nSPS) is 26.5. The summed E-state index contributed by atoms with van der Waals surface area (Å²) in [5, 5.41) is 9.14. The van der Waals surface area contributed by atoms with E-state index in [1.807, 2.05) is 6.92 Å². The molecule has 530 valence electrons. The molecule has 0 radical (unpaired) electrons. The predicted octanol–water partition coefficient (Wildman–Crippen LogP) is 4.73. The highest BCUT2D eigenvalue weighted by molar-refractivity contribution is 6.42. The van der Waals surface area contributed by atoms with Crippen LogP contribution in [0.1, 0.15) is 162 Å². The van der Waals surface area contributed by atoms with Gasteiger partial charge in [0, 0.05) is 94.4 Å². The molecule has 3 heterocycles. The number of likely N-dealkylation sites (tertiary alicyclic amines) is 1. The Morgan fingerprint density at radius 2 is 1.23 bits per heavy atom. The van der Waals surface area contributed by atoms with E-state index in [4.69, 9.17) is 27.9 Å². The minimum Gasteiger partial charge on any atom is -0.493 e. The van der Waals surface area contributed by atoms with Crippen molar-refractivity contribution in [2.24, 2.45) is 17.8 Å². The fourth-order valence-electron chi connectivity index (χ4n) is 13.7. The second-order valence-corrected chi connectivity index (χ2v) is 27.9. The highest BCUT2D eigenvalue weighted by atomic mass is 35.5. The minimum absolute atomic E-state index is 0.0255. The Balaban J connectivity index is 1.30. The fourth-order valence-corrected chi connectivity index (χ4v) is 14.0. The van der Waals surface area contributed by atoms with Crippen LogP contribution in [-0.2, 0) is 57.5 Å². The van der Waals surface area contributed by atoms with Crippen molar-refractivity contribution >= 4 is 94.1 Å². The van der Waals surface area contributed by atoms with Crippen molar-refractivity contribution in [3.05, 3.63) is 28.2 Å². The lowest BCUT2D eigenvalue weighted by molar-refractivity contribution is -0.155. The molecule has 0 bridgehead atoms. The number of ether oxygens (including phenoxy) is 1. The molecule has 0 unspecified atom stereocenters. The van der Waals surface area contributed by atoms with Crippen molar-refractivity contribution in [1.82, 2.24) is 60.0 Å². The number of piperidine rings is 1. The summed E-state index contributed by atoms with van der Waals surface area (Å²) in [7, 11) is 10.2. The summed E-state index contributed by atoms with van der Waals surface area (Å²) < 4.78 is 5.98. The molecule has 6 rings (SSSR count). The molecule has 5 fully saturated rings. The number of nitrogens with zero attached hydrogens (tertiary/aromatic N) is 9. The van der Waals surface area contributed by atoms with E-state index in [9.17, 15) is 52.7 Å². The first-order valence-corrected chi connectivity index (χ1v) is 35.2. The number of rotatable bonds is 10. The zero-order valence-electron chi connectivity index (χ0n) is 57.8. The molecule has 5 aliphatic rings. The fraction of sp³-hybridized carbons (Fsp3) is 0.735. The van der Waals surface area contributed by atoms with E-state index in [-0.39, 0.29) is 61.7 Å². The average molecular weight is 1370 g/mol. The van der Waals surface area contributed by atoms with Gasteiger partial charge in [-0.1, -0.05) is 94.8 Å². The molecule has 3 saturated heterocycles. The van der Waals surface area contributed by atoms with Gasteiger partial charge < -0.3 is 64.8 Å². The smallest absolute Gasteiger partial charge is 0.246 e. The molecule has 3 N–H and O–H groups in total. The van der Waals surface area contributed by atoms with E-state index in [0.29, 0.717) is 68.8 Å². The third-order valence-electron chi connectivity index (χ3n) is 20.3. The van der Waals surface area contributed by atoms with Crippen LogP contribution in [0.25, 0.3) is 0 Å². The topological polar surface area (TPSA) is 279 Å². The quantitative estimate of drug-likeness (QED) is 0.286. The maximum absolute atomic E-state index is 15.2. The van der Waals surface area contributed by atoms with Crippen LogP contribution in [0, 0.1) is 17.8 Å². The highest BCUT2D eigenvalue weighted by Gasteiger charge is 2.44. The number of likely N-dealkylation sites (N-methyl/N-ethyl adjacent to an activating group) is 7. The number of benzene rings is 1. The van der Waals surface area contributed by atoms with Crippen LogP contribution in [0.3, 0.4) is 0 Å². The molecular formula is C68H106Cl2N12O13. The first kappa shape index (κ1) is 77.2. The van der Waals surface area contributed by atoms with Crippen LogP contribution in [0.2, 0.25) is 10.0 Å². The van der Waals surface area contributed by atoms with Gasteiger partial charge in [0.1, 0.15) is 48.0 Å². The molecule has 2 aliphatic carbocycles. The average Bonchev–Trinajstić information content (AvgIpc) is 1.26. The van der Waals surface area contributed by atoms with Crippen molar-refractivity contribution in [2.75, 3.05) is 102 Å². The first-order valence-electron chi connectivity index (χ1n) is 34.5. The lowest BCUT2D eigenvalue weighted by Crippen LogP contribution is -2.59. The van der Waals surface area contributed by atoms with Crippen molar-refractivity contribution in [2.45, 2.75) is 204 Å². The zero-order chi connectivity index (χ0) is 69.8. The number of halogens is 2. The zero-order valence-corrected chi connectivity index (χ0v) is 59.3. The number of hydrogen-bond acceptors (Lipinski definition) is 13. The Kier molecular flexibility index (Phi) is 30.2. The maximum Gasteiger partial charge on any atom is 0.246 e. The Bertz CT molecular complexity index is 2870. The van der Waals surface area contributed by atoms with Gasteiger partial charge in [-0.15, -0.1) is 0 Å². The SMILES string of the molecule is CC[C@H](C)[C@@H]1NC(=O)[C@H](C)N(C)C(=O)C[C@@H](C(=O)N2CCCCC2)N(C)C(=O)[C@H](C2CCCCC2)N(C)C(=O)CCCCNC(=O)[C@@H]2CCCN2C(=O)[C@H](CCOc2ccc(Cl)c(Cl)c2)NC(=O)CN(C)C(=O)[C@H](CC2CCCCC2)N(C)C(=O)CN(C)C(=O)CN(C)C1=O. The van der Waals surface area contributed by atoms with Crippen molar-refractivity contribution in [3.8, 4) is 5.75 Å². The van der Waals surface area contributed by atoms with Gasteiger partial charge in [0.25, 0.3) is 0 Å². The van der Waals surface area contributed by atoms with Crippen LogP contribution in [0.4, 0.5) is 0 Å². The summed E-state index contributed by atoms with van der Waals surface area (Å²) in [4.78, 5) is 185. The first-order chi connectivity index (χ1) is 45.1. The van der Waals surface area contributed by atoms with Crippen molar-refractivity contribution < 1.29 is 62.3 Å². The number of carbonyl (C=O) groups is 12. The standard InChI is InChI=1S/C68H106Cl2N12O13/c1-11-44(2)60-67(93)76(6)42-58(86)74(4)43-59(87)78(8)53(38-46-24-15-12-16-25-46)65(91)75(5)41-55(83)72-51(32-37-95-48-30-31-49(69)50(70)39-48)64(90)82-36-23-28-52(82)63(89)71-33-20-19-29-56(84)80(10)61(47-26-17-13-18-27-47)68(94)79(9)54(66(92)81-34-21-14-22-35-81)40-57(85)77(7)45(3)62(88)73-60/h30-31,39,44-47,51-54,60-61H,11-29,32-38,40-43H2,1-10H3,(H,71,89)(H,72,83)(H,73,88)/t44-,45-,51-,52-,53-,54-,60-,61-/m0/s1. The Morgan fingerprint density at radius 3 is 1.88 bits per heavy atom. The molecule has 1 aromatic carbocycles. The third kappa shape index (κ3) is 21.4. The van der Waals surface area contributed by atoms with Gasteiger partial charge in [-0.2, -0.15) is 0 Å². The molecule has 2 saturated carbocycles. The van der Waals surface area contributed by atoms with Crippen LogP contribution in [0.5, 0.6) is 5.75 Å². The summed E-state index contributed by atoms with van der Waals surface area (Å²) in [6, 6.07) is -3.09.